The Morgan fingerprint density at radius 3 is 2.48 bits per heavy atom. The number of halogens is 2. The van der Waals surface area contributed by atoms with Crippen LogP contribution < -0.4 is 10.5 Å². The second-order valence-corrected chi connectivity index (χ2v) is 5.55. The topological polar surface area (TPSA) is 35.2 Å². The van der Waals surface area contributed by atoms with E-state index in [1.54, 1.807) is 12.1 Å². The molecule has 0 fully saturated rings. The number of rotatable bonds is 3. The van der Waals surface area contributed by atoms with E-state index in [0.717, 1.165) is 5.56 Å². The van der Waals surface area contributed by atoms with Gasteiger partial charge in [0.05, 0.1) is 15.7 Å². The summed E-state index contributed by atoms with van der Waals surface area (Å²) in [5, 5.41) is 3.20. The van der Waals surface area contributed by atoms with Crippen LogP contribution in [0.3, 0.4) is 0 Å². The maximum Gasteiger partial charge on any atom is 0.144 e. The summed E-state index contributed by atoms with van der Waals surface area (Å²) in [6.45, 7) is 0.420. The molecule has 0 saturated carbocycles. The fourth-order valence-corrected chi connectivity index (χ4v) is 2.57. The summed E-state index contributed by atoms with van der Waals surface area (Å²) in [5.74, 6) is 0.539. The largest absolute Gasteiger partial charge is 0.487 e. The predicted molar refractivity (Wildman–Crippen MR) is 89.2 cm³/mol. The first kappa shape index (κ1) is 14.1. The van der Waals surface area contributed by atoms with Gasteiger partial charge < -0.3 is 10.5 Å². The Morgan fingerprint density at radius 2 is 1.62 bits per heavy atom. The van der Waals surface area contributed by atoms with Gasteiger partial charge in [-0.2, -0.15) is 0 Å². The lowest BCUT2D eigenvalue weighted by Gasteiger charge is -2.12. The van der Waals surface area contributed by atoms with Gasteiger partial charge >= 0.3 is 0 Å². The van der Waals surface area contributed by atoms with Gasteiger partial charge in [-0.1, -0.05) is 65.7 Å². The highest BCUT2D eigenvalue weighted by atomic mass is 35.5. The highest BCUT2D eigenvalue weighted by Crippen LogP contribution is 2.33. The third-order valence-electron chi connectivity index (χ3n) is 3.32. The Kier molecular flexibility index (Phi) is 3.91. The molecule has 106 valence electrons. The van der Waals surface area contributed by atoms with Gasteiger partial charge in [-0.05, 0) is 22.4 Å². The summed E-state index contributed by atoms with van der Waals surface area (Å²) in [6, 6.07) is 17.6. The monoisotopic (exact) mass is 317 g/mol. The molecule has 0 amide bonds. The average Bonchev–Trinajstić information content (AvgIpc) is 2.49. The SMILES string of the molecule is Nc1cc(Cl)c(Cl)cc1OCc1cccc2ccccc12. The highest BCUT2D eigenvalue weighted by Gasteiger charge is 2.07. The molecule has 21 heavy (non-hydrogen) atoms. The van der Waals surface area contributed by atoms with Gasteiger partial charge in [-0.3, -0.25) is 0 Å². The molecule has 0 aliphatic heterocycles. The second kappa shape index (κ2) is 5.84. The van der Waals surface area contributed by atoms with E-state index >= 15 is 0 Å². The molecule has 0 radical (unpaired) electrons. The highest BCUT2D eigenvalue weighted by molar-refractivity contribution is 6.42. The van der Waals surface area contributed by atoms with Gasteiger partial charge in [0.1, 0.15) is 12.4 Å². The molecule has 0 aliphatic rings. The molecule has 0 heterocycles. The standard InChI is InChI=1S/C17H13Cl2NO/c18-14-8-16(20)17(9-15(14)19)21-10-12-6-3-5-11-4-1-2-7-13(11)12/h1-9H,10,20H2. The maximum absolute atomic E-state index is 6.00. The summed E-state index contributed by atoms with van der Waals surface area (Å²) >= 11 is 11.9. The molecule has 0 spiro atoms. The van der Waals surface area contributed by atoms with E-state index in [1.165, 1.54) is 10.8 Å². The van der Waals surface area contributed by atoms with Gasteiger partial charge in [0.15, 0.2) is 0 Å². The van der Waals surface area contributed by atoms with Crippen molar-refractivity contribution in [1.82, 2.24) is 0 Å². The lowest BCUT2D eigenvalue weighted by Crippen LogP contribution is -1.99. The molecule has 0 unspecified atom stereocenters. The Morgan fingerprint density at radius 1 is 0.905 bits per heavy atom. The smallest absolute Gasteiger partial charge is 0.144 e. The molecule has 0 bridgehead atoms. The molecule has 0 saturated heterocycles. The number of hydrogen-bond acceptors (Lipinski definition) is 2. The maximum atomic E-state index is 6.00. The second-order valence-electron chi connectivity index (χ2n) is 4.73. The lowest BCUT2D eigenvalue weighted by atomic mass is 10.1. The minimum absolute atomic E-state index is 0.420. The van der Waals surface area contributed by atoms with Crippen LogP contribution in [0.4, 0.5) is 5.69 Å². The van der Waals surface area contributed by atoms with Crippen LogP contribution in [0, 0.1) is 0 Å². The van der Waals surface area contributed by atoms with E-state index in [1.807, 2.05) is 24.3 Å². The normalized spacial score (nSPS) is 10.8. The fourth-order valence-electron chi connectivity index (χ4n) is 2.24. The number of anilines is 1. The number of nitrogen functional groups attached to an aromatic ring is 1. The van der Waals surface area contributed by atoms with Gasteiger partial charge in [-0.25, -0.2) is 0 Å². The van der Waals surface area contributed by atoms with Gasteiger partial charge in [-0.15, -0.1) is 0 Å². The van der Waals surface area contributed by atoms with Crippen molar-refractivity contribution in [2.45, 2.75) is 6.61 Å². The third kappa shape index (κ3) is 2.92. The van der Waals surface area contributed by atoms with Crippen molar-refractivity contribution < 1.29 is 4.74 Å². The number of nitrogens with two attached hydrogens (primary N) is 1. The molecular weight excluding hydrogens is 305 g/mol. The van der Waals surface area contributed by atoms with E-state index in [9.17, 15) is 0 Å². The molecule has 2 nitrogen and oxygen atoms in total. The van der Waals surface area contributed by atoms with E-state index < -0.39 is 0 Å². The molecule has 3 aromatic carbocycles. The summed E-state index contributed by atoms with van der Waals surface area (Å²) in [4.78, 5) is 0. The molecule has 0 aromatic heterocycles. The van der Waals surface area contributed by atoms with Crippen LogP contribution in [0.25, 0.3) is 10.8 Å². The van der Waals surface area contributed by atoms with E-state index in [0.29, 0.717) is 28.1 Å². The Labute approximate surface area is 133 Å². The van der Waals surface area contributed by atoms with Crippen LogP contribution in [-0.4, -0.2) is 0 Å². The van der Waals surface area contributed by atoms with Crippen LogP contribution in [0.15, 0.2) is 54.6 Å². The van der Waals surface area contributed by atoms with Crippen molar-refractivity contribution in [3.63, 3.8) is 0 Å². The zero-order chi connectivity index (χ0) is 14.8. The van der Waals surface area contributed by atoms with Crippen molar-refractivity contribution in [3.05, 3.63) is 70.2 Å². The van der Waals surface area contributed by atoms with Crippen molar-refractivity contribution in [2.24, 2.45) is 0 Å². The number of fused-ring (bicyclic) bond motifs is 1. The van der Waals surface area contributed by atoms with Crippen molar-refractivity contribution >= 4 is 39.7 Å². The van der Waals surface area contributed by atoms with Crippen LogP contribution >= 0.6 is 23.2 Å². The minimum atomic E-state index is 0.420. The summed E-state index contributed by atoms with van der Waals surface area (Å²) in [5.41, 5.74) is 7.47. The van der Waals surface area contributed by atoms with Crippen LogP contribution in [0.2, 0.25) is 10.0 Å². The van der Waals surface area contributed by atoms with Crippen LogP contribution in [0.5, 0.6) is 5.75 Å². The number of benzene rings is 3. The van der Waals surface area contributed by atoms with E-state index in [2.05, 4.69) is 18.2 Å². The predicted octanol–water partition coefficient (Wildman–Crippen LogP) is 5.31. The molecule has 0 aliphatic carbocycles. The number of ether oxygens (including phenoxy) is 1. The third-order valence-corrected chi connectivity index (χ3v) is 4.04. The summed E-state index contributed by atoms with van der Waals surface area (Å²) < 4.78 is 5.80. The van der Waals surface area contributed by atoms with Crippen molar-refractivity contribution in [3.8, 4) is 5.75 Å². The zero-order valence-electron chi connectivity index (χ0n) is 11.1. The van der Waals surface area contributed by atoms with Crippen molar-refractivity contribution in [1.29, 1.82) is 0 Å². The van der Waals surface area contributed by atoms with E-state index in [-0.39, 0.29) is 0 Å². The van der Waals surface area contributed by atoms with Gasteiger partial charge in [0, 0.05) is 6.07 Å². The summed E-state index contributed by atoms with van der Waals surface area (Å²) in [6.07, 6.45) is 0. The summed E-state index contributed by atoms with van der Waals surface area (Å²) in [7, 11) is 0. The first-order valence-electron chi connectivity index (χ1n) is 6.49. The lowest BCUT2D eigenvalue weighted by molar-refractivity contribution is 0.309. The molecule has 4 heteroatoms. The molecule has 2 N–H and O–H groups in total. The average molecular weight is 318 g/mol. The Hall–Kier alpha value is -1.90. The van der Waals surface area contributed by atoms with Crippen molar-refractivity contribution in [2.75, 3.05) is 5.73 Å². The Balaban J connectivity index is 1.89. The number of hydrogen-bond donors (Lipinski definition) is 1. The van der Waals surface area contributed by atoms with Crippen LogP contribution in [-0.2, 0) is 6.61 Å². The first-order valence-corrected chi connectivity index (χ1v) is 7.24. The first-order chi connectivity index (χ1) is 10.1. The Bertz CT molecular complexity index is 797. The molecule has 0 atom stereocenters. The molecular formula is C17H13Cl2NO. The van der Waals surface area contributed by atoms with Gasteiger partial charge in [0.2, 0.25) is 0 Å². The minimum Gasteiger partial charge on any atom is -0.487 e. The zero-order valence-corrected chi connectivity index (χ0v) is 12.7. The van der Waals surface area contributed by atoms with Gasteiger partial charge in [0.25, 0.3) is 0 Å². The molecule has 3 aromatic rings. The van der Waals surface area contributed by atoms with E-state index in [4.69, 9.17) is 33.7 Å². The quantitative estimate of drug-likeness (QED) is 0.664. The molecule has 3 rings (SSSR count). The fraction of sp³-hybridized carbons (Fsp3) is 0.0588. The van der Waals surface area contributed by atoms with Crippen LogP contribution in [0.1, 0.15) is 5.56 Å².